The summed E-state index contributed by atoms with van der Waals surface area (Å²) in [7, 11) is 0. The third-order valence-corrected chi connectivity index (χ3v) is 4.57. The minimum Gasteiger partial charge on any atom is -0.454 e. The summed E-state index contributed by atoms with van der Waals surface area (Å²) < 4.78 is 5.32. The quantitative estimate of drug-likeness (QED) is 0.458. The summed E-state index contributed by atoms with van der Waals surface area (Å²) >= 11 is 0. The van der Waals surface area contributed by atoms with Crippen LogP contribution in [-0.4, -0.2) is 22.8 Å². The Morgan fingerprint density at radius 1 is 1.00 bits per heavy atom. The Bertz CT molecular complexity index is 947. The number of carbonyl (C=O) groups excluding carboxylic acids is 2. The van der Waals surface area contributed by atoms with Crippen molar-refractivity contribution in [2.75, 3.05) is 0 Å². The number of ether oxygens (including phenoxy) is 1. The van der Waals surface area contributed by atoms with Crippen LogP contribution in [0.15, 0.2) is 60.7 Å². The maximum atomic E-state index is 12.4. The SMILES string of the molecule is CCc1ccc(C(=O)C(C)OC(=O)CCc2ccc3ccccc3n2)cc1. The van der Waals surface area contributed by atoms with Gasteiger partial charge in [-0.1, -0.05) is 55.5 Å². The van der Waals surface area contributed by atoms with Crippen molar-refractivity contribution >= 4 is 22.7 Å². The van der Waals surface area contributed by atoms with E-state index in [-0.39, 0.29) is 12.2 Å². The maximum Gasteiger partial charge on any atom is 0.306 e. The summed E-state index contributed by atoms with van der Waals surface area (Å²) in [5, 5.41) is 1.07. The van der Waals surface area contributed by atoms with Crippen molar-refractivity contribution in [3.05, 3.63) is 77.5 Å². The normalized spacial score (nSPS) is 11.9. The molecule has 0 N–H and O–H groups in total. The Labute approximate surface area is 159 Å². The first-order valence-electron chi connectivity index (χ1n) is 9.24. The number of aromatic nitrogens is 1. The van der Waals surface area contributed by atoms with Gasteiger partial charge in [0, 0.05) is 23.1 Å². The number of pyridine rings is 1. The molecule has 0 spiro atoms. The van der Waals surface area contributed by atoms with Crippen LogP contribution in [0.5, 0.6) is 0 Å². The van der Waals surface area contributed by atoms with E-state index in [9.17, 15) is 9.59 Å². The molecule has 0 saturated heterocycles. The number of Topliss-reactive ketones (excluding diaryl/α,β-unsaturated/α-hetero) is 1. The molecule has 138 valence electrons. The van der Waals surface area contributed by atoms with E-state index >= 15 is 0 Å². The van der Waals surface area contributed by atoms with Crippen molar-refractivity contribution in [3.63, 3.8) is 0 Å². The standard InChI is InChI=1S/C23H23NO3/c1-3-17-8-10-19(11-9-17)23(26)16(2)27-22(25)15-14-20-13-12-18-6-4-5-7-21(18)24-20/h4-13,16H,3,14-15H2,1-2H3. The lowest BCUT2D eigenvalue weighted by Gasteiger charge is -2.12. The summed E-state index contributed by atoms with van der Waals surface area (Å²) in [6.45, 7) is 3.67. The van der Waals surface area contributed by atoms with E-state index in [0.29, 0.717) is 12.0 Å². The van der Waals surface area contributed by atoms with Crippen LogP contribution in [0.4, 0.5) is 0 Å². The Morgan fingerprint density at radius 3 is 2.48 bits per heavy atom. The summed E-state index contributed by atoms with van der Waals surface area (Å²) in [5.41, 5.74) is 3.46. The van der Waals surface area contributed by atoms with Crippen LogP contribution in [0, 0.1) is 0 Å². The fourth-order valence-corrected chi connectivity index (χ4v) is 2.93. The number of aryl methyl sites for hydroxylation is 2. The molecule has 3 aromatic rings. The van der Waals surface area contributed by atoms with E-state index in [1.807, 2.05) is 48.5 Å². The van der Waals surface area contributed by atoms with Gasteiger partial charge < -0.3 is 4.74 Å². The van der Waals surface area contributed by atoms with E-state index in [1.165, 1.54) is 5.56 Å². The first-order valence-corrected chi connectivity index (χ1v) is 9.24. The van der Waals surface area contributed by atoms with Crippen molar-refractivity contribution in [1.29, 1.82) is 0 Å². The van der Waals surface area contributed by atoms with Gasteiger partial charge >= 0.3 is 5.97 Å². The fourth-order valence-electron chi connectivity index (χ4n) is 2.93. The molecule has 4 nitrogen and oxygen atoms in total. The lowest BCUT2D eigenvalue weighted by Crippen LogP contribution is -2.24. The zero-order valence-corrected chi connectivity index (χ0v) is 15.6. The van der Waals surface area contributed by atoms with E-state index in [2.05, 4.69) is 11.9 Å². The molecule has 0 aliphatic heterocycles. The van der Waals surface area contributed by atoms with Crippen molar-refractivity contribution in [1.82, 2.24) is 4.98 Å². The highest BCUT2D eigenvalue weighted by Gasteiger charge is 2.19. The third-order valence-electron chi connectivity index (χ3n) is 4.57. The molecule has 0 amide bonds. The van der Waals surface area contributed by atoms with Crippen LogP contribution in [0.3, 0.4) is 0 Å². The summed E-state index contributed by atoms with van der Waals surface area (Å²) in [6, 6.07) is 19.2. The zero-order chi connectivity index (χ0) is 19.2. The highest BCUT2D eigenvalue weighted by atomic mass is 16.5. The number of fused-ring (bicyclic) bond motifs is 1. The molecule has 0 aliphatic carbocycles. The van der Waals surface area contributed by atoms with Crippen molar-refractivity contribution < 1.29 is 14.3 Å². The summed E-state index contributed by atoms with van der Waals surface area (Å²) in [5.74, 6) is -0.578. The van der Waals surface area contributed by atoms with Crippen LogP contribution in [0.1, 0.15) is 41.9 Å². The second-order valence-electron chi connectivity index (χ2n) is 6.54. The highest BCUT2D eigenvalue weighted by molar-refractivity contribution is 6.00. The van der Waals surface area contributed by atoms with Gasteiger partial charge in [0.05, 0.1) is 11.9 Å². The van der Waals surface area contributed by atoms with Gasteiger partial charge in [-0.15, -0.1) is 0 Å². The largest absolute Gasteiger partial charge is 0.454 e. The molecule has 1 atom stereocenters. The van der Waals surface area contributed by atoms with Crippen LogP contribution < -0.4 is 0 Å². The second kappa shape index (κ2) is 8.58. The lowest BCUT2D eigenvalue weighted by molar-refractivity contribution is -0.146. The number of ketones is 1. The van der Waals surface area contributed by atoms with Crippen LogP contribution in [0.2, 0.25) is 0 Å². The Hall–Kier alpha value is -3.01. The molecular weight excluding hydrogens is 338 g/mol. The first kappa shape index (κ1) is 18.8. The molecule has 4 heteroatoms. The van der Waals surface area contributed by atoms with Crippen molar-refractivity contribution in [2.45, 2.75) is 39.2 Å². The van der Waals surface area contributed by atoms with E-state index < -0.39 is 12.1 Å². The Balaban J connectivity index is 1.55. The van der Waals surface area contributed by atoms with Crippen molar-refractivity contribution in [2.24, 2.45) is 0 Å². The van der Waals surface area contributed by atoms with Crippen LogP contribution >= 0.6 is 0 Å². The number of nitrogens with zero attached hydrogens (tertiary/aromatic N) is 1. The molecule has 0 saturated carbocycles. The van der Waals surface area contributed by atoms with Gasteiger partial charge in [-0.05, 0) is 31.0 Å². The van der Waals surface area contributed by atoms with E-state index in [4.69, 9.17) is 4.74 Å². The first-order chi connectivity index (χ1) is 13.1. The molecule has 3 rings (SSSR count). The number of benzene rings is 2. The topological polar surface area (TPSA) is 56.3 Å². The monoisotopic (exact) mass is 361 g/mol. The van der Waals surface area contributed by atoms with Gasteiger partial charge in [0.2, 0.25) is 5.78 Å². The maximum absolute atomic E-state index is 12.4. The molecule has 0 bridgehead atoms. The average molecular weight is 361 g/mol. The number of hydrogen-bond acceptors (Lipinski definition) is 4. The van der Waals surface area contributed by atoms with Gasteiger partial charge in [0.25, 0.3) is 0 Å². The molecule has 1 unspecified atom stereocenters. The Morgan fingerprint density at radius 2 is 1.74 bits per heavy atom. The molecule has 2 aromatic carbocycles. The van der Waals surface area contributed by atoms with Gasteiger partial charge in [0.15, 0.2) is 6.10 Å². The second-order valence-corrected chi connectivity index (χ2v) is 6.54. The van der Waals surface area contributed by atoms with Gasteiger partial charge in [-0.25, -0.2) is 0 Å². The van der Waals surface area contributed by atoms with Crippen LogP contribution in [0.25, 0.3) is 10.9 Å². The zero-order valence-electron chi connectivity index (χ0n) is 15.6. The van der Waals surface area contributed by atoms with Gasteiger partial charge in [0.1, 0.15) is 0 Å². The van der Waals surface area contributed by atoms with Gasteiger partial charge in [-0.2, -0.15) is 0 Å². The number of carbonyl (C=O) groups is 2. The Kier molecular flexibility index (Phi) is 5.97. The predicted molar refractivity (Wildman–Crippen MR) is 106 cm³/mol. The molecule has 27 heavy (non-hydrogen) atoms. The lowest BCUT2D eigenvalue weighted by atomic mass is 10.0. The average Bonchev–Trinajstić information content (AvgIpc) is 2.71. The summed E-state index contributed by atoms with van der Waals surface area (Å²) in [4.78, 5) is 29.1. The van der Waals surface area contributed by atoms with E-state index in [1.54, 1.807) is 19.1 Å². The molecule has 0 aliphatic rings. The number of para-hydroxylation sites is 1. The molecule has 1 aromatic heterocycles. The van der Waals surface area contributed by atoms with E-state index in [0.717, 1.165) is 23.0 Å². The van der Waals surface area contributed by atoms with Crippen molar-refractivity contribution in [3.8, 4) is 0 Å². The fraction of sp³-hybridized carbons (Fsp3) is 0.261. The molecule has 1 heterocycles. The smallest absolute Gasteiger partial charge is 0.306 e. The van der Waals surface area contributed by atoms with Crippen LogP contribution in [-0.2, 0) is 22.4 Å². The summed E-state index contributed by atoms with van der Waals surface area (Å²) in [6.07, 6.45) is 0.796. The highest BCUT2D eigenvalue weighted by Crippen LogP contribution is 2.14. The minimum atomic E-state index is -0.797. The third kappa shape index (κ3) is 4.79. The predicted octanol–water partition coefficient (Wildman–Crippen LogP) is 4.54. The molecular formula is C23H23NO3. The number of rotatable bonds is 7. The number of hydrogen-bond donors (Lipinski definition) is 0. The minimum absolute atomic E-state index is 0.185. The number of esters is 1. The molecule has 0 fully saturated rings. The molecule has 0 radical (unpaired) electrons. The van der Waals surface area contributed by atoms with Gasteiger partial charge in [-0.3, -0.25) is 14.6 Å².